The van der Waals surface area contributed by atoms with Crippen molar-refractivity contribution in [2.24, 2.45) is 0 Å². The van der Waals surface area contributed by atoms with Gasteiger partial charge >= 0.3 is 0 Å². The SMILES string of the molecule is COc1ccc(CN2C3CCCCC(=O)C2C(=O)CC3)cc1. The lowest BCUT2D eigenvalue weighted by Gasteiger charge is -2.42. The zero-order chi connectivity index (χ0) is 15.5. The molecule has 4 heteroatoms. The van der Waals surface area contributed by atoms with Crippen molar-refractivity contribution in [2.45, 2.75) is 57.2 Å². The van der Waals surface area contributed by atoms with Gasteiger partial charge in [-0.2, -0.15) is 0 Å². The van der Waals surface area contributed by atoms with E-state index in [1.165, 1.54) is 0 Å². The quantitative estimate of drug-likeness (QED) is 0.805. The Bertz CT molecular complexity index is 552. The molecule has 2 aliphatic rings. The normalized spacial score (nSPS) is 26.4. The van der Waals surface area contributed by atoms with Crippen LogP contribution in [-0.2, 0) is 16.1 Å². The number of methoxy groups -OCH3 is 1. The minimum absolute atomic E-state index is 0.108. The average molecular weight is 301 g/mol. The fourth-order valence-electron chi connectivity index (χ4n) is 3.66. The van der Waals surface area contributed by atoms with Crippen LogP contribution in [-0.4, -0.2) is 35.7 Å². The van der Waals surface area contributed by atoms with E-state index in [-0.39, 0.29) is 11.6 Å². The molecular formula is C18H23NO3. The summed E-state index contributed by atoms with van der Waals surface area (Å²) in [6.07, 6.45) is 5.08. The van der Waals surface area contributed by atoms with Gasteiger partial charge in [0.1, 0.15) is 11.8 Å². The third-order valence-corrected chi connectivity index (χ3v) is 4.87. The van der Waals surface area contributed by atoms with Gasteiger partial charge in [-0.15, -0.1) is 0 Å². The number of hydrogen-bond acceptors (Lipinski definition) is 4. The molecule has 0 spiro atoms. The summed E-state index contributed by atoms with van der Waals surface area (Å²) >= 11 is 0. The van der Waals surface area contributed by atoms with Crippen molar-refractivity contribution in [2.75, 3.05) is 7.11 Å². The first kappa shape index (κ1) is 15.2. The largest absolute Gasteiger partial charge is 0.497 e. The summed E-state index contributed by atoms with van der Waals surface area (Å²) in [4.78, 5) is 26.9. The maximum atomic E-state index is 12.4. The molecule has 1 aromatic rings. The van der Waals surface area contributed by atoms with E-state index in [1.807, 2.05) is 24.3 Å². The van der Waals surface area contributed by atoms with Gasteiger partial charge in [-0.1, -0.05) is 18.6 Å². The van der Waals surface area contributed by atoms with Crippen molar-refractivity contribution in [3.63, 3.8) is 0 Å². The number of benzene rings is 1. The third kappa shape index (κ3) is 3.07. The molecule has 0 N–H and O–H groups in total. The molecule has 2 saturated heterocycles. The van der Waals surface area contributed by atoms with E-state index in [0.717, 1.165) is 37.0 Å². The molecule has 0 aromatic heterocycles. The van der Waals surface area contributed by atoms with E-state index in [0.29, 0.717) is 25.4 Å². The molecule has 2 aliphatic heterocycles. The molecule has 118 valence electrons. The zero-order valence-electron chi connectivity index (χ0n) is 13.1. The van der Waals surface area contributed by atoms with Crippen LogP contribution in [0.1, 0.15) is 44.1 Å². The maximum Gasteiger partial charge on any atom is 0.157 e. The predicted molar refractivity (Wildman–Crippen MR) is 83.8 cm³/mol. The molecule has 2 heterocycles. The summed E-state index contributed by atoms with van der Waals surface area (Å²) in [6.45, 7) is 0.663. The van der Waals surface area contributed by atoms with Gasteiger partial charge < -0.3 is 4.74 Å². The lowest BCUT2D eigenvalue weighted by Crippen LogP contribution is -2.55. The standard InChI is InChI=1S/C18H23NO3/c1-22-15-9-6-13(7-10-15)12-19-14-4-2-3-5-16(20)18(19)17(21)11-8-14/h6-7,9-10,14,18H,2-5,8,11-12H2,1H3. The number of carbonyl (C=O) groups excluding carboxylic acids is 2. The fraction of sp³-hybridized carbons (Fsp3) is 0.556. The van der Waals surface area contributed by atoms with Gasteiger partial charge in [0.2, 0.25) is 0 Å². The van der Waals surface area contributed by atoms with Crippen molar-refractivity contribution < 1.29 is 14.3 Å². The first-order chi connectivity index (χ1) is 10.7. The van der Waals surface area contributed by atoms with Gasteiger partial charge in [0.15, 0.2) is 11.6 Å². The Labute approximate surface area is 131 Å². The van der Waals surface area contributed by atoms with Crippen molar-refractivity contribution >= 4 is 11.6 Å². The molecular weight excluding hydrogens is 278 g/mol. The number of Topliss-reactive ketones (excluding diaryl/α,β-unsaturated/α-hetero) is 2. The summed E-state index contributed by atoms with van der Waals surface area (Å²) in [6, 6.07) is 7.73. The van der Waals surface area contributed by atoms with E-state index < -0.39 is 6.04 Å². The van der Waals surface area contributed by atoms with Crippen molar-refractivity contribution in [3.8, 4) is 5.75 Å². The molecule has 4 nitrogen and oxygen atoms in total. The van der Waals surface area contributed by atoms with Crippen LogP contribution in [0, 0.1) is 0 Å². The average Bonchev–Trinajstić information content (AvgIpc) is 2.53. The summed E-state index contributed by atoms with van der Waals surface area (Å²) in [7, 11) is 1.65. The molecule has 0 radical (unpaired) electrons. The van der Waals surface area contributed by atoms with Gasteiger partial charge in [-0.25, -0.2) is 0 Å². The van der Waals surface area contributed by atoms with Gasteiger partial charge in [0, 0.05) is 25.4 Å². The molecule has 0 saturated carbocycles. The maximum absolute atomic E-state index is 12.4. The Hall–Kier alpha value is -1.68. The van der Waals surface area contributed by atoms with Gasteiger partial charge in [0.05, 0.1) is 7.11 Å². The summed E-state index contributed by atoms with van der Waals surface area (Å²) < 4.78 is 5.18. The number of ether oxygens (including phenoxy) is 1. The highest BCUT2D eigenvalue weighted by Gasteiger charge is 2.40. The highest BCUT2D eigenvalue weighted by molar-refractivity contribution is 6.06. The Balaban J connectivity index is 1.83. The van der Waals surface area contributed by atoms with E-state index in [2.05, 4.69) is 4.90 Å². The second kappa shape index (κ2) is 6.61. The highest BCUT2D eigenvalue weighted by atomic mass is 16.5. The number of carbonyl (C=O) groups is 2. The summed E-state index contributed by atoms with van der Waals surface area (Å²) in [5, 5.41) is 0. The minimum atomic E-state index is -0.513. The second-order valence-corrected chi connectivity index (χ2v) is 6.29. The minimum Gasteiger partial charge on any atom is -0.497 e. The Kier molecular flexibility index (Phi) is 4.57. The molecule has 0 amide bonds. The van der Waals surface area contributed by atoms with Gasteiger partial charge in [-0.05, 0) is 37.0 Å². The molecule has 0 aliphatic carbocycles. The monoisotopic (exact) mass is 301 g/mol. The first-order valence-corrected chi connectivity index (χ1v) is 8.13. The number of ketones is 2. The summed E-state index contributed by atoms with van der Waals surface area (Å²) in [5.41, 5.74) is 1.12. The Morgan fingerprint density at radius 2 is 1.77 bits per heavy atom. The number of fused-ring (bicyclic) bond motifs is 2. The molecule has 2 unspecified atom stereocenters. The van der Waals surface area contributed by atoms with Crippen molar-refractivity contribution in [1.29, 1.82) is 0 Å². The van der Waals surface area contributed by atoms with Crippen molar-refractivity contribution in [3.05, 3.63) is 29.8 Å². The summed E-state index contributed by atoms with van der Waals surface area (Å²) in [5.74, 6) is 1.04. The lowest BCUT2D eigenvalue weighted by atomic mass is 9.85. The lowest BCUT2D eigenvalue weighted by molar-refractivity contribution is -0.140. The van der Waals surface area contributed by atoms with Crippen LogP contribution in [0.15, 0.2) is 24.3 Å². The Morgan fingerprint density at radius 3 is 2.50 bits per heavy atom. The van der Waals surface area contributed by atoms with E-state index in [9.17, 15) is 9.59 Å². The topological polar surface area (TPSA) is 46.6 Å². The number of rotatable bonds is 3. The number of hydrogen-bond donors (Lipinski definition) is 0. The number of nitrogens with zero attached hydrogens (tertiary/aromatic N) is 1. The van der Waals surface area contributed by atoms with Gasteiger partial charge in [0.25, 0.3) is 0 Å². The molecule has 2 atom stereocenters. The van der Waals surface area contributed by atoms with E-state index in [1.54, 1.807) is 7.11 Å². The molecule has 22 heavy (non-hydrogen) atoms. The molecule has 3 rings (SSSR count). The van der Waals surface area contributed by atoms with Crippen LogP contribution in [0.3, 0.4) is 0 Å². The third-order valence-electron chi connectivity index (χ3n) is 4.87. The highest BCUT2D eigenvalue weighted by Crippen LogP contribution is 2.30. The predicted octanol–water partition coefficient (Wildman–Crippen LogP) is 2.74. The van der Waals surface area contributed by atoms with Gasteiger partial charge in [-0.3, -0.25) is 14.5 Å². The molecule has 2 bridgehead atoms. The first-order valence-electron chi connectivity index (χ1n) is 8.13. The van der Waals surface area contributed by atoms with Crippen LogP contribution in [0.4, 0.5) is 0 Å². The van der Waals surface area contributed by atoms with Crippen LogP contribution < -0.4 is 4.74 Å². The second-order valence-electron chi connectivity index (χ2n) is 6.29. The van der Waals surface area contributed by atoms with Crippen LogP contribution in [0.2, 0.25) is 0 Å². The van der Waals surface area contributed by atoms with Crippen LogP contribution >= 0.6 is 0 Å². The van der Waals surface area contributed by atoms with E-state index in [4.69, 9.17) is 4.74 Å². The smallest absolute Gasteiger partial charge is 0.157 e. The van der Waals surface area contributed by atoms with E-state index >= 15 is 0 Å². The molecule has 1 aromatic carbocycles. The fourth-order valence-corrected chi connectivity index (χ4v) is 3.66. The molecule has 2 fully saturated rings. The number of piperidine rings is 1. The van der Waals surface area contributed by atoms with Crippen molar-refractivity contribution in [1.82, 2.24) is 4.90 Å². The van der Waals surface area contributed by atoms with Crippen LogP contribution in [0.5, 0.6) is 5.75 Å². The Morgan fingerprint density at radius 1 is 1.05 bits per heavy atom. The van der Waals surface area contributed by atoms with Crippen LogP contribution in [0.25, 0.3) is 0 Å². The zero-order valence-corrected chi connectivity index (χ0v) is 13.1.